The van der Waals surface area contributed by atoms with E-state index >= 15 is 0 Å². The van der Waals surface area contributed by atoms with E-state index in [4.69, 9.17) is 29.1 Å². The second-order valence-electron chi connectivity index (χ2n) is 7.14. The van der Waals surface area contributed by atoms with Crippen LogP contribution in [0.3, 0.4) is 0 Å². The molecule has 1 aliphatic rings. The lowest BCUT2D eigenvalue weighted by atomic mass is 9.81. The smallest absolute Gasteiger partial charge is 0.336 e. The van der Waals surface area contributed by atoms with E-state index in [0.717, 1.165) is 0 Å². The van der Waals surface area contributed by atoms with Gasteiger partial charge in [-0.15, -0.1) is 0 Å². The van der Waals surface area contributed by atoms with E-state index in [2.05, 4.69) is 6.07 Å². The molecular formula is C23H20N2O7. The third-order valence-corrected chi connectivity index (χ3v) is 5.40. The second kappa shape index (κ2) is 7.74. The lowest BCUT2D eigenvalue weighted by Crippen LogP contribution is -2.22. The quantitative estimate of drug-likeness (QED) is 0.591. The first-order valence-corrected chi connectivity index (χ1v) is 9.52. The summed E-state index contributed by atoms with van der Waals surface area (Å²) < 4.78 is 27.3. The first kappa shape index (κ1) is 20.9. The number of phenols is 1. The Morgan fingerprint density at radius 2 is 1.75 bits per heavy atom. The van der Waals surface area contributed by atoms with Crippen LogP contribution in [0, 0.1) is 18.3 Å². The molecule has 1 unspecified atom stereocenters. The molecule has 0 fully saturated rings. The largest absolute Gasteiger partial charge is 0.507 e. The van der Waals surface area contributed by atoms with Gasteiger partial charge in [0.1, 0.15) is 28.7 Å². The Morgan fingerprint density at radius 3 is 2.31 bits per heavy atom. The lowest BCUT2D eigenvalue weighted by Gasteiger charge is -2.29. The van der Waals surface area contributed by atoms with Crippen LogP contribution >= 0.6 is 0 Å². The van der Waals surface area contributed by atoms with Crippen molar-refractivity contribution in [2.24, 2.45) is 5.73 Å². The van der Waals surface area contributed by atoms with Gasteiger partial charge in [0.2, 0.25) is 11.6 Å². The average Bonchev–Trinajstić information content (AvgIpc) is 2.76. The van der Waals surface area contributed by atoms with Crippen molar-refractivity contribution in [3.05, 3.63) is 62.8 Å². The predicted molar refractivity (Wildman–Crippen MR) is 114 cm³/mol. The molecule has 0 aliphatic carbocycles. The minimum Gasteiger partial charge on any atom is -0.507 e. The van der Waals surface area contributed by atoms with Gasteiger partial charge in [-0.1, -0.05) is 0 Å². The Kier molecular flexibility index (Phi) is 5.06. The van der Waals surface area contributed by atoms with Crippen molar-refractivity contribution < 1.29 is 28.5 Å². The summed E-state index contributed by atoms with van der Waals surface area (Å²) in [6.45, 7) is 1.72. The minimum atomic E-state index is -0.812. The van der Waals surface area contributed by atoms with Crippen LogP contribution in [-0.2, 0) is 0 Å². The zero-order valence-electron chi connectivity index (χ0n) is 17.8. The SMILES string of the molecule is COc1cc(C2C(C#N)=C(N)Oc3c2c(O)cc2oc(=O)cc(C)c32)cc(OC)c1OC. The zero-order chi connectivity index (χ0) is 23.2. The number of hydrogen-bond donors (Lipinski definition) is 2. The van der Waals surface area contributed by atoms with E-state index < -0.39 is 11.5 Å². The minimum absolute atomic E-state index is 0.0939. The molecule has 0 radical (unpaired) electrons. The van der Waals surface area contributed by atoms with Crippen LogP contribution in [0.5, 0.6) is 28.7 Å². The molecule has 4 rings (SSSR count). The Hall–Kier alpha value is -4.32. The van der Waals surface area contributed by atoms with Gasteiger partial charge in [-0.2, -0.15) is 5.26 Å². The summed E-state index contributed by atoms with van der Waals surface area (Å²) in [5.74, 6) is 0.157. The van der Waals surface area contributed by atoms with Crippen LogP contribution < -0.4 is 30.3 Å². The van der Waals surface area contributed by atoms with Crippen LogP contribution in [0.15, 0.2) is 44.9 Å². The van der Waals surface area contributed by atoms with E-state index in [0.29, 0.717) is 39.3 Å². The van der Waals surface area contributed by atoms with Crippen molar-refractivity contribution in [3.63, 3.8) is 0 Å². The van der Waals surface area contributed by atoms with Crippen LogP contribution in [0.2, 0.25) is 0 Å². The van der Waals surface area contributed by atoms with E-state index in [-0.39, 0.29) is 28.5 Å². The number of rotatable bonds is 4. The summed E-state index contributed by atoms with van der Waals surface area (Å²) in [6.07, 6.45) is 0. The highest BCUT2D eigenvalue weighted by molar-refractivity contribution is 5.91. The number of benzene rings is 2. The van der Waals surface area contributed by atoms with Crippen molar-refractivity contribution in [3.8, 4) is 34.8 Å². The standard InChI is InChI=1S/C23H20N2O7/c1-10-5-17(27)31-14-8-13(26)20-19(12(9-24)23(25)32-22(20)18(10)14)11-6-15(28-2)21(30-4)16(7-11)29-3/h5-8,19,26H,25H2,1-4H3. The molecule has 1 atom stereocenters. The van der Waals surface area contributed by atoms with E-state index in [1.807, 2.05) is 0 Å². The highest BCUT2D eigenvalue weighted by atomic mass is 16.5. The maximum absolute atomic E-state index is 11.8. The van der Waals surface area contributed by atoms with E-state index in [1.54, 1.807) is 19.1 Å². The van der Waals surface area contributed by atoms with Crippen molar-refractivity contribution in [1.82, 2.24) is 0 Å². The van der Waals surface area contributed by atoms with Gasteiger partial charge in [-0.05, 0) is 30.2 Å². The molecule has 2 heterocycles. The van der Waals surface area contributed by atoms with Gasteiger partial charge in [-0.25, -0.2) is 4.79 Å². The first-order valence-electron chi connectivity index (χ1n) is 9.52. The molecule has 9 nitrogen and oxygen atoms in total. The molecule has 0 saturated carbocycles. The van der Waals surface area contributed by atoms with Gasteiger partial charge in [0, 0.05) is 12.1 Å². The number of nitrogens with two attached hydrogens (primary N) is 1. The number of phenolic OH excluding ortho intramolecular Hbond substituents is 1. The van der Waals surface area contributed by atoms with Crippen molar-refractivity contribution in [2.75, 3.05) is 21.3 Å². The van der Waals surface area contributed by atoms with Crippen LogP contribution in [0.25, 0.3) is 11.0 Å². The number of allylic oxidation sites excluding steroid dienone is 1. The predicted octanol–water partition coefficient (Wildman–Crippen LogP) is 3.05. The topological polar surface area (TPSA) is 137 Å². The maximum atomic E-state index is 11.8. The Bertz CT molecular complexity index is 1360. The number of nitrogens with zero attached hydrogens (tertiary/aromatic N) is 1. The van der Waals surface area contributed by atoms with Crippen LogP contribution in [0.1, 0.15) is 22.6 Å². The fraction of sp³-hybridized carbons (Fsp3) is 0.217. The molecule has 0 amide bonds. The number of hydrogen-bond acceptors (Lipinski definition) is 9. The number of fused-ring (bicyclic) bond motifs is 3. The second-order valence-corrected chi connectivity index (χ2v) is 7.14. The van der Waals surface area contributed by atoms with Crippen LogP contribution in [0.4, 0.5) is 0 Å². The molecule has 3 aromatic rings. The Balaban J connectivity index is 2.10. The highest BCUT2D eigenvalue weighted by Crippen LogP contribution is 2.52. The molecule has 0 spiro atoms. The van der Waals surface area contributed by atoms with Gasteiger partial charge in [0.05, 0.1) is 38.2 Å². The monoisotopic (exact) mass is 436 g/mol. The molecule has 164 valence electrons. The first-order chi connectivity index (χ1) is 15.3. The third-order valence-electron chi connectivity index (χ3n) is 5.40. The molecule has 3 N–H and O–H groups in total. The third kappa shape index (κ3) is 3.04. The molecule has 0 bridgehead atoms. The normalized spacial score (nSPS) is 15.0. The summed E-state index contributed by atoms with van der Waals surface area (Å²) in [5, 5.41) is 21.3. The van der Waals surface area contributed by atoms with Gasteiger partial charge in [-0.3, -0.25) is 0 Å². The van der Waals surface area contributed by atoms with Crippen LogP contribution in [-0.4, -0.2) is 26.4 Å². The molecule has 1 aromatic heterocycles. The summed E-state index contributed by atoms with van der Waals surface area (Å²) in [4.78, 5) is 11.8. The summed E-state index contributed by atoms with van der Waals surface area (Å²) in [6, 6.07) is 8.07. The number of methoxy groups -OCH3 is 3. The number of aryl methyl sites for hydroxylation is 1. The summed E-state index contributed by atoms with van der Waals surface area (Å²) in [7, 11) is 4.44. The molecule has 2 aromatic carbocycles. The molecule has 1 aliphatic heterocycles. The van der Waals surface area contributed by atoms with Gasteiger partial charge < -0.3 is 34.2 Å². The van der Waals surface area contributed by atoms with Gasteiger partial charge in [0.25, 0.3) is 0 Å². The lowest BCUT2D eigenvalue weighted by molar-refractivity contribution is 0.323. The zero-order valence-corrected chi connectivity index (χ0v) is 17.8. The number of nitriles is 1. The fourth-order valence-corrected chi connectivity index (χ4v) is 4.04. The van der Waals surface area contributed by atoms with E-state index in [9.17, 15) is 15.2 Å². The van der Waals surface area contributed by atoms with Gasteiger partial charge in [0.15, 0.2) is 11.5 Å². The average molecular weight is 436 g/mol. The number of aromatic hydroxyl groups is 1. The molecule has 32 heavy (non-hydrogen) atoms. The Morgan fingerprint density at radius 1 is 1.09 bits per heavy atom. The van der Waals surface area contributed by atoms with Gasteiger partial charge >= 0.3 is 5.63 Å². The Labute approximate surface area is 182 Å². The van der Waals surface area contributed by atoms with Crippen molar-refractivity contribution >= 4 is 11.0 Å². The molecule has 0 saturated heterocycles. The molecule has 9 heteroatoms. The summed E-state index contributed by atoms with van der Waals surface area (Å²) >= 11 is 0. The number of ether oxygens (including phenoxy) is 4. The molecular weight excluding hydrogens is 416 g/mol. The van der Waals surface area contributed by atoms with Crippen molar-refractivity contribution in [1.29, 1.82) is 5.26 Å². The highest BCUT2D eigenvalue weighted by Gasteiger charge is 2.36. The fourth-order valence-electron chi connectivity index (χ4n) is 4.04. The summed E-state index contributed by atoms with van der Waals surface area (Å²) in [5.41, 5.74) is 7.22. The maximum Gasteiger partial charge on any atom is 0.336 e. The van der Waals surface area contributed by atoms with E-state index in [1.165, 1.54) is 33.5 Å². The van der Waals surface area contributed by atoms with Crippen molar-refractivity contribution in [2.45, 2.75) is 12.8 Å².